The van der Waals surface area contributed by atoms with Gasteiger partial charge in [0, 0.05) is 12.4 Å². The molecule has 0 bridgehead atoms. The molecule has 0 atom stereocenters. The Bertz CT molecular complexity index is 369. The SMILES string of the molecule is C=C1CC(c2ncc[nH]2)=CC(C)(C)C1. The number of hydrogen-bond acceptors (Lipinski definition) is 1. The summed E-state index contributed by atoms with van der Waals surface area (Å²) in [5.41, 5.74) is 2.79. The standard InChI is InChI=1S/C12H16N2/c1-9-6-10(8-12(2,3)7-9)11-13-4-5-14-11/h4-5,8H,1,6-7H2,2-3H3,(H,13,14). The number of rotatable bonds is 1. The summed E-state index contributed by atoms with van der Waals surface area (Å²) in [6.07, 6.45) is 8.00. The van der Waals surface area contributed by atoms with Crippen molar-refractivity contribution < 1.29 is 0 Å². The first kappa shape index (κ1) is 9.25. The van der Waals surface area contributed by atoms with E-state index in [1.165, 1.54) is 11.1 Å². The summed E-state index contributed by atoms with van der Waals surface area (Å²) in [6.45, 7) is 8.56. The fraction of sp³-hybridized carbons (Fsp3) is 0.417. The Hall–Kier alpha value is -1.31. The molecule has 1 aromatic rings. The van der Waals surface area contributed by atoms with Crippen LogP contribution < -0.4 is 0 Å². The zero-order valence-corrected chi connectivity index (χ0v) is 8.80. The maximum Gasteiger partial charge on any atom is 0.133 e. The molecule has 2 heteroatoms. The van der Waals surface area contributed by atoms with Crippen LogP contribution in [0.1, 0.15) is 32.5 Å². The molecule has 1 N–H and O–H groups in total. The van der Waals surface area contributed by atoms with Gasteiger partial charge in [0.25, 0.3) is 0 Å². The molecule has 0 saturated heterocycles. The molecule has 2 rings (SSSR count). The predicted octanol–water partition coefficient (Wildman–Crippen LogP) is 3.17. The van der Waals surface area contributed by atoms with Crippen LogP contribution in [0, 0.1) is 5.41 Å². The summed E-state index contributed by atoms with van der Waals surface area (Å²) >= 11 is 0. The second kappa shape index (κ2) is 3.12. The first-order valence-electron chi connectivity index (χ1n) is 4.95. The second-order valence-electron chi connectivity index (χ2n) is 4.70. The molecule has 2 nitrogen and oxygen atoms in total. The largest absolute Gasteiger partial charge is 0.345 e. The Kier molecular flexibility index (Phi) is 2.06. The van der Waals surface area contributed by atoms with Gasteiger partial charge in [0.2, 0.25) is 0 Å². The van der Waals surface area contributed by atoms with Gasteiger partial charge in [0.1, 0.15) is 5.82 Å². The highest BCUT2D eigenvalue weighted by Crippen LogP contribution is 2.38. The molecule has 0 amide bonds. The number of hydrogen-bond donors (Lipinski definition) is 1. The quantitative estimate of drug-likeness (QED) is 0.674. The zero-order chi connectivity index (χ0) is 10.2. The molecular weight excluding hydrogens is 172 g/mol. The molecule has 0 aromatic carbocycles. The van der Waals surface area contributed by atoms with Crippen LogP contribution in [-0.2, 0) is 0 Å². The molecule has 14 heavy (non-hydrogen) atoms. The van der Waals surface area contributed by atoms with E-state index in [1.807, 2.05) is 6.20 Å². The van der Waals surface area contributed by atoms with Crippen molar-refractivity contribution in [3.63, 3.8) is 0 Å². The Labute approximate surface area is 84.8 Å². The molecule has 0 aliphatic heterocycles. The van der Waals surface area contributed by atoms with Crippen molar-refractivity contribution in [1.29, 1.82) is 0 Å². The zero-order valence-electron chi connectivity index (χ0n) is 8.80. The van der Waals surface area contributed by atoms with E-state index >= 15 is 0 Å². The Morgan fingerprint density at radius 1 is 1.50 bits per heavy atom. The van der Waals surface area contributed by atoms with Gasteiger partial charge in [-0.05, 0) is 23.8 Å². The topological polar surface area (TPSA) is 28.7 Å². The van der Waals surface area contributed by atoms with E-state index in [0.29, 0.717) is 0 Å². The third kappa shape index (κ3) is 1.79. The summed E-state index contributed by atoms with van der Waals surface area (Å²) in [5.74, 6) is 0.985. The molecule has 1 aromatic heterocycles. The average molecular weight is 188 g/mol. The van der Waals surface area contributed by atoms with Crippen LogP contribution in [0.15, 0.2) is 30.6 Å². The van der Waals surface area contributed by atoms with Gasteiger partial charge >= 0.3 is 0 Å². The monoisotopic (exact) mass is 188 g/mol. The number of imidazole rings is 1. The van der Waals surface area contributed by atoms with Crippen LogP contribution in [0.3, 0.4) is 0 Å². The molecule has 0 spiro atoms. The molecule has 0 radical (unpaired) electrons. The minimum Gasteiger partial charge on any atom is -0.345 e. The van der Waals surface area contributed by atoms with E-state index in [2.05, 4.69) is 36.5 Å². The smallest absolute Gasteiger partial charge is 0.133 e. The van der Waals surface area contributed by atoms with E-state index < -0.39 is 0 Å². The lowest BCUT2D eigenvalue weighted by Crippen LogP contribution is -2.14. The van der Waals surface area contributed by atoms with Crippen molar-refractivity contribution in [2.75, 3.05) is 0 Å². The maximum atomic E-state index is 4.27. The lowest BCUT2D eigenvalue weighted by molar-refractivity contribution is 0.463. The molecular formula is C12H16N2. The molecule has 1 heterocycles. The Balaban J connectivity index is 2.36. The fourth-order valence-corrected chi connectivity index (χ4v) is 2.14. The van der Waals surface area contributed by atoms with Gasteiger partial charge in [-0.1, -0.05) is 32.1 Å². The van der Waals surface area contributed by atoms with Crippen LogP contribution in [-0.4, -0.2) is 9.97 Å². The van der Waals surface area contributed by atoms with Crippen LogP contribution in [0.5, 0.6) is 0 Å². The molecule has 0 unspecified atom stereocenters. The molecule has 74 valence electrons. The highest BCUT2D eigenvalue weighted by Gasteiger charge is 2.23. The first-order chi connectivity index (χ1) is 6.57. The number of H-pyrrole nitrogens is 1. The van der Waals surface area contributed by atoms with Crippen molar-refractivity contribution in [1.82, 2.24) is 9.97 Å². The fourth-order valence-electron chi connectivity index (χ4n) is 2.14. The molecule has 1 aliphatic rings. The minimum absolute atomic E-state index is 0.220. The van der Waals surface area contributed by atoms with Gasteiger partial charge in [-0.2, -0.15) is 0 Å². The van der Waals surface area contributed by atoms with Gasteiger partial charge < -0.3 is 4.98 Å². The minimum atomic E-state index is 0.220. The third-order valence-electron chi connectivity index (χ3n) is 2.51. The number of aromatic amines is 1. The normalized spacial score (nSPS) is 20.7. The predicted molar refractivity (Wildman–Crippen MR) is 58.7 cm³/mol. The van der Waals surface area contributed by atoms with Crippen molar-refractivity contribution >= 4 is 5.57 Å². The number of aromatic nitrogens is 2. The number of nitrogens with zero attached hydrogens (tertiary/aromatic N) is 1. The number of allylic oxidation sites excluding steroid dienone is 3. The van der Waals surface area contributed by atoms with Gasteiger partial charge in [0.05, 0.1) is 0 Å². The van der Waals surface area contributed by atoms with Gasteiger partial charge in [-0.25, -0.2) is 4.98 Å². The van der Waals surface area contributed by atoms with E-state index in [-0.39, 0.29) is 5.41 Å². The van der Waals surface area contributed by atoms with Crippen LogP contribution in [0.2, 0.25) is 0 Å². The summed E-state index contributed by atoms with van der Waals surface area (Å²) in [6, 6.07) is 0. The van der Waals surface area contributed by atoms with Crippen LogP contribution in [0.25, 0.3) is 5.57 Å². The molecule has 1 aliphatic carbocycles. The van der Waals surface area contributed by atoms with Crippen molar-refractivity contribution in [2.45, 2.75) is 26.7 Å². The van der Waals surface area contributed by atoms with Crippen molar-refractivity contribution in [3.8, 4) is 0 Å². The van der Waals surface area contributed by atoms with Crippen LogP contribution in [0.4, 0.5) is 0 Å². The van der Waals surface area contributed by atoms with Gasteiger partial charge in [-0.15, -0.1) is 0 Å². The molecule has 0 saturated carbocycles. The maximum absolute atomic E-state index is 4.27. The van der Waals surface area contributed by atoms with Crippen molar-refractivity contribution in [2.24, 2.45) is 5.41 Å². The lowest BCUT2D eigenvalue weighted by atomic mass is 9.77. The second-order valence-corrected chi connectivity index (χ2v) is 4.70. The molecule has 0 fully saturated rings. The number of nitrogens with one attached hydrogen (secondary N) is 1. The summed E-state index contributed by atoms with van der Waals surface area (Å²) < 4.78 is 0. The lowest BCUT2D eigenvalue weighted by Gasteiger charge is -2.28. The van der Waals surface area contributed by atoms with E-state index in [1.54, 1.807) is 6.20 Å². The van der Waals surface area contributed by atoms with E-state index in [0.717, 1.165) is 18.7 Å². The Morgan fingerprint density at radius 2 is 2.29 bits per heavy atom. The third-order valence-corrected chi connectivity index (χ3v) is 2.51. The summed E-state index contributed by atoms with van der Waals surface area (Å²) in [7, 11) is 0. The first-order valence-corrected chi connectivity index (χ1v) is 4.95. The highest BCUT2D eigenvalue weighted by atomic mass is 14.9. The van der Waals surface area contributed by atoms with Gasteiger partial charge in [0.15, 0.2) is 0 Å². The van der Waals surface area contributed by atoms with E-state index in [4.69, 9.17) is 0 Å². The van der Waals surface area contributed by atoms with Gasteiger partial charge in [-0.3, -0.25) is 0 Å². The Morgan fingerprint density at radius 3 is 2.86 bits per heavy atom. The van der Waals surface area contributed by atoms with Crippen LogP contribution >= 0.6 is 0 Å². The summed E-state index contributed by atoms with van der Waals surface area (Å²) in [4.78, 5) is 7.42. The average Bonchev–Trinajstić information content (AvgIpc) is 2.51. The van der Waals surface area contributed by atoms with Crippen molar-refractivity contribution in [3.05, 3.63) is 36.4 Å². The summed E-state index contributed by atoms with van der Waals surface area (Å²) in [5, 5.41) is 0. The van der Waals surface area contributed by atoms with E-state index in [9.17, 15) is 0 Å². The highest BCUT2D eigenvalue weighted by molar-refractivity contribution is 5.64.